The fourth-order valence-electron chi connectivity index (χ4n) is 2.20. The maximum Gasteiger partial charge on any atom is 0.277 e. The molecule has 0 fully saturated rings. The van der Waals surface area contributed by atoms with Gasteiger partial charge in [-0.2, -0.15) is 5.10 Å². The van der Waals surface area contributed by atoms with E-state index in [4.69, 9.17) is 4.74 Å². The molecule has 23 heavy (non-hydrogen) atoms. The van der Waals surface area contributed by atoms with Crippen LogP contribution in [0.1, 0.15) is 29.5 Å². The number of nitrogens with one attached hydrogen (secondary N) is 1. The lowest BCUT2D eigenvalue weighted by Gasteiger charge is -2.09. The van der Waals surface area contributed by atoms with Crippen LogP contribution in [0.15, 0.2) is 53.6 Å². The summed E-state index contributed by atoms with van der Waals surface area (Å²) >= 11 is 0. The smallest absolute Gasteiger partial charge is 0.277 e. The van der Waals surface area contributed by atoms with E-state index in [0.29, 0.717) is 5.75 Å². The van der Waals surface area contributed by atoms with Crippen LogP contribution in [0.3, 0.4) is 0 Å². The van der Waals surface area contributed by atoms with E-state index in [2.05, 4.69) is 10.5 Å². The molecule has 1 atom stereocenters. The number of ether oxygens (including phenoxy) is 1. The Bertz CT molecular complexity index is 681. The first-order valence-electron chi connectivity index (χ1n) is 7.63. The Morgan fingerprint density at radius 3 is 2.65 bits per heavy atom. The monoisotopic (exact) mass is 310 g/mol. The molecule has 1 unspecified atom stereocenters. The van der Waals surface area contributed by atoms with Crippen molar-refractivity contribution in [2.75, 3.05) is 6.61 Å². The van der Waals surface area contributed by atoms with Crippen LogP contribution >= 0.6 is 0 Å². The summed E-state index contributed by atoms with van der Waals surface area (Å²) < 4.78 is 5.51. The predicted octanol–water partition coefficient (Wildman–Crippen LogP) is 3.59. The van der Waals surface area contributed by atoms with Gasteiger partial charge in [-0.15, -0.1) is 0 Å². The summed E-state index contributed by atoms with van der Waals surface area (Å²) in [5.41, 5.74) is 5.82. The van der Waals surface area contributed by atoms with E-state index in [0.717, 1.165) is 11.1 Å². The van der Waals surface area contributed by atoms with Crippen molar-refractivity contribution < 1.29 is 9.53 Å². The van der Waals surface area contributed by atoms with Gasteiger partial charge in [-0.3, -0.25) is 4.79 Å². The van der Waals surface area contributed by atoms with Crippen molar-refractivity contribution in [2.24, 2.45) is 5.10 Å². The number of amides is 1. The fraction of sp³-hybridized carbons (Fsp3) is 0.263. The first kappa shape index (κ1) is 16.7. The first-order chi connectivity index (χ1) is 11.1. The van der Waals surface area contributed by atoms with Gasteiger partial charge in [-0.1, -0.05) is 55.0 Å². The molecule has 120 valence electrons. The minimum atomic E-state index is -0.276. The second-order valence-corrected chi connectivity index (χ2v) is 5.57. The lowest BCUT2D eigenvalue weighted by Crippen LogP contribution is -2.25. The Hall–Kier alpha value is -2.62. The number of rotatable bonds is 6. The van der Waals surface area contributed by atoms with Gasteiger partial charge in [0, 0.05) is 12.1 Å². The molecule has 0 radical (unpaired) electrons. The highest BCUT2D eigenvalue weighted by molar-refractivity contribution is 5.79. The van der Waals surface area contributed by atoms with Crippen molar-refractivity contribution in [2.45, 2.75) is 26.7 Å². The number of hydrazone groups is 1. The Labute approximate surface area is 137 Å². The van der Waals surface area contributed by atoms with Crippen molar-refractivity contribution in [1.82, 2.24) is 5.43 Å². The number of aryl methyl sites for hydroxylation is 2. The minimum Gasteiger partial charge on any atom is -0.483 e. The van der Waals surface area contributed by atoms with Gasteiger partial charge >= 0.3 is 0 Å². The van der Waals surface area contributed by atoms with Crippen LogP contribution in [-0.2, 0) is 4.79 Å². The molecule has 2 rings (SSSR count). The van der Waals surface area contributed by atoms with Crippen molar-refractivity contribution in [1.29, 1.82) is 0 Å². The van der Waals surface area contributed by atoms with Gasteiger partial charge in [0.25, 0.3) is 5.91 Å². The highest BCUT2D eigenvalue weighted by atomic mass is 16.5. The zero-order valence-electron chi connectivity index (χ0n) is 13.7. The van der Waals surface area contributed by atoms with Gasteiger partial charge in [0.15, 0.2) is 6.61 Å². The van der Waals surface area contributed by atoms with E-state index in [1.807, 2.05) is 69.3 Å². The van der Waals surface area contributed by atoms with Gasteiger partial charge in [0.05, 0.1) is 0 Å². The SMILES string of the molecule is Cc1ccc(OCC(=O)N/N=C\C(C)c2ccccc2)c(C)c1. The van der Waals surface area contributed by atoms with Gasteiger partial charge in [0.1, 0.15) is 5.75 Å². The van der Waals surface area contributed by atoms with Gasteiger partial charge < -0.3 is 4.74 Å². The number of hydrogen-bond donors (Lipinski definition) is 1. The Balaban J connectivity index is 1.80. The van der Waals surface area contributed by atoms with Gasteiger partial charge in [-0.05, 0) is 31.0 Å². The molecular weight excluding hydrogens is 288 g/mol. The number of hydrogen-bond acceptors (Lipinski definition) is 3. The molecule has 1 amide bonds. The standard InChI is InChI=1S/C19H22N2O2/c1-14-9-10-18(15(2)11-14)23-13-19(22)21-20-12-16(3)17-7-5-4-6-8-17/h4-12,16H,13H2,1-3H3,(H,21,22)/b20-12-. The number of carbonyl (C=O) groups excluding carboxylic acids is 1. The molecule has 1 N–H and O–H groups in total. The molecule has 0 saturated carbocycles. The van der Waals surface area contributed by atoms with Crippen LogP contribution in [-0.4, -0.2) is 18.7 Å². The zero-order valence-corrected chi connectivity index (χ0v) is 13.7. The molecule has 4 heteroatoms. The van der Waals surface area contributed by atoms with E-state index in [1.54, 1.807) is 6.21 Å². The van der Waals surface area contributed by atoms with Crippen LogP contribution in [0.2, 0.25) is 0 Å². The molecule has 0 heterocycles. The lowest BCUT2D eigenvalue weighted by molar-refractivity contribution is -0.123. The van der Waals surface area contributed by atoms with Crippen LogP contribution in [0.25, 0.3) is 0 Å². The van der Waals surface area contributed by atoms with E-state index in [-0.39, 0.29) is 18.4 Å². The number of nitrogens with zero attached hydrogens (tertiary/aromatic N) is 1. The molecule has 0 aliphatic rings. The third kappa shape index (κ3) is 5.25. The summed E-state index contributed by atoms with van der Waals surface area (Å²) in [5.74, 6) is 0.575. The van der Waals surface area contributed by atoms with E-state index >= 15 is 0 Å². The second kappa shape index (κ2) is 8.13. The highest BCUT2D eigenvalue weighted by Crippen LogP contribution is 2.18. The summed E-state index contributed by atoms with van der Waals surface area (Å²) in [7, 11) is 0. The molecule has 0 saturated heterocycles. The molecule has 0 aliphatic heterocycles. The van der Waals surface area contributed by atoms with Crippen LogP contribution < -0.4 is 10.2 Å². The Morgan fingerprint density at radius 2 is 1.96 bits per heavy atom. The molecule has 0 aliphatic carbocycles. The largest absolute Gasteiger partial charge is 0.483 e. The van der Waals surface area contributed by atoms with Gasteiger partial charge in [0.2, 0.25) is 0 Å². The summed E-state index contributed by atoms with van der Waals surface area (Å²) in [6.07, 6.45) is 1.71. The average Bonchev–Trinajstić information content (AvgIpc) is 2.54. The number of benzene rings is 2. The van der Waals surface area contributed by atoms with Crippen molar-refractivity contribution in [3.63, 3.8) is 0 Å². The summed E-state index contributed by atoms with van der Waals surface area (Å²) in [4.78, 5) is 11.8. The minimum absolute atomic E-state index is 0.0546. The molecule has 2 aromatic rings. The maximum atomic E-state index is 11.8. The van der Waals surface area contributed by atoms with Crippen LogP contribution in [0.5, 0.6) is 5.75 Å². The van der Waals surface area contributed by atoms with Crippen molar-refractivity contribution >= 4 is 12.1 Å². The van der Waals surface area contributed by atoms with Crippen molar-refractivity contribution in [3.8, 4) is 5.75 Å². The Kier molecular flexibility index (Phi) is 5.92. The average molecular weight is 310 g/mol. The molecule has 2 aromatic carbocycles. The third-order valence-electron chi connectivity index (χ3n) is 3.50. The first-order valence-corrected chi connectivity index (χ1v) is 7.63. The van der Waals surface area contributed by atoms with Crippen LogP contribution in [0.4, 0.5) is 0 Å². The predicted molar refractivity (Wildman–Crippen MR) is 92.9 cm³/mol. The normalized spacial score (nSPS) is 12.1. The molecular formula is C19H22N2O2. The molecule has 0 aromatic heterocycles. The fourth-order valence-corrected chi connectivity index (χ4v) is 2.20. The van der Waals surface area contributed by atoms with E-state index in [1.165, 1.54) is 5.56 Å². The van der Waals surface area contributed by atoms with E-state index < -0.39 is 0 Å². The van der Waals surface area contributed by atoms with Crippen LogP contribution in [0, 0.1) is 13.8 Å². The maximum absolute atomic E-state index is 11.8. The van der Waals surface area contributed by atoms with Gasteiger partial charge in [-0.25, -0.2) is 5.43 Å². The molecule has 0 bridgehead atoms. The number of carbonyl (C=O) groups is 1. The Morgan fingerprint density at radius 1 is 1.22 bits per heavy atom. The highest BCUT2D eigenvalue weighted by Gasteiger charge is 2.05. The summed E-state index contributed by atoms with van der Waals surface area (Å²) in [5, 5.41) is 3.99. The van der Waals surface area contributed by atoms with E-state index in [9.17, 15) is 4.79 Å². The summed E-state index contributed by atoms with van der Waals surface area (Å²) in [6, 6.07) is 15.8. The molecule has 0 spiro atoms. The third-order valence-corrected chi connectivity index (χ3v) is 3.50. The quantitative estimate of drug-likeness (QED) is 0.655. The zero-order chi connectivity index (χ0) is 16.7. The lowest BCUT2D eigenvalue weighted by atomic mass is 10.0. The second-order valence-electron chi connectivity index (χ2n) is 5.57. The molecule has 4 nitrogen and oxygen atoms in total. The summed E-state index contributed by atoms with van der Waals surface area (Å²) in [6.45, 7) is 5.95. The topological polar surface area (TPSA) is 50.7 Å². The van der Waals surface area contributed by atoms with Crippen molar-refractivity contribution in [3.05, 3.63) is 65.2 Å².